The Balaban J connectivity index is 2.04. The van der Waals surface area contributed by atoms with Crippen molar-refractivity contribution in [1.82, 2.24) is 0 Å². The Morgan fingerprint density at radius 1 is 1.21 bits per heavy atom. The van der Waals surface area contributed by atoms with Crippen LogP contribution in [0.5, 0.6) is 0 Å². The first-order chi connectivity index (χ1) is 9.03. The van der Waals surface area contributed by atoms with Gasteiger partial charge in [-0.05, 0) is 30.4 Å². The number of hydrogen-bond donors (Lipinski definition) is 1. The highest BCUT2D eigenvalue weighted by Crippen LogP contribution is 2.27. The highest BCUT2D eigenvalue weighted by atomic mass is 32.2. The first kappa shape index (κ1) is 14.5. The molecule has 1 aromatic carbocycles. The smallest absolute Gasteiger partial charge is 0.155 e. The summed E-state index contributed by atoms with van der Waals surface area (Å²) in [4.78, 5) is 0. The summed E-state index contributed by atoms with van der Waals surface area (Å²) in [7, 11) is -3.05. The van der Waals surface area contributed by atoms with E-state index < -0.39 is 15.9 Å². The number of aryl methyl sites for hydroxylation is 1. The second-order valence-electron chi connectivity index (χ2n) is 5.44. The number of sulfone groups is 1. The van der Waals surface area contributed by atoms with Crippen molar-refractivity contribution in [3.63, 3.8) is 0 Å². The summed E-state index contributed by atoms with van der Waals surface area (Å²) in [5, 5.41) is -0.159. The molecule has 0 bridgehead atoms. The van der Waals surface area contributed by atoms with Crippen molar-refractivity contribution in [2.24, 2.45) is 5.73 Å². The summed E-state index contributed by atoms with van der Waals surface area (Å²) in [6, 6.07) is 7.55. The lowest BCUT2D eigenvalue weighted by atomic mass is 10.1. The largest absolute Gasteiger partial charge is 0.323 e. The third kappa shape index (κ3) is 3.57. The van der Waals surface area contributed by atoms with Gasteiger partial charge >= 0.3 is 0 Å². The number of rotatable bonds is 5. The number of nitrogens with two attached hydrogens (primary N) is 1. The highest BCUT2D eigenvalue weighted by Gasteiger charge is 2.30. The van der Waals surface area contributed by atoms with Gasteiger partial charge in [0, 0.05) is 6.04 Å². The van der Waals surface area contributed by atoms with Crippen LogP contribution < -0.4 is 5.73 Å². The standard InChI is InChI=1S/C15H23NO2S/c1-2-12-7-9-13(10-8-12)15(16)11-19(17,18)14-5-3-4-6-14/h7-10,14-15H,2-6,11,16H2,1H3. The van der Waals surface area contributed by atoms with Crippen LogP contribution in [0.2, 0.25) is 0 Å². The van der Waals surface area contributed by atoms with Gasteiger partial charge in [0.25, 0.3) is 0 Å². The van der Waals surface area contributed by atoms with Crippen LogP contribution in [0.3, 0.4) is 0 Å². The van der Waals surface area contributed by atoms with Crippen molar-refractivity contribution in [2.45, 2.75) is 50.3 Å². The van der Waals surface area contributed by atoms with Crippen LogP contribution in [0, 0.1) is 0 Å². The maximum Gasteiger partial charge on any atom is 0.155 e. The molecule has 1 saturated carbocycles. The van der Waals surface area contributed by atoms with Crippen molar-refractivity contribution >= 4 is 9.84 Å². The minimum absolute atomic E-state index is 0.0726. The number of hydrogen-bond acceptors (Lipinski definition) is 3. The Morgan fingerprint density at radius 3 is 2.32 bits per heavy atom. The lowest BCUT2D eigenvalue weighted by molar-refractivity contribution is 0.572. The van der Waals surface area contributed by atoms with Crippen molar-refractivity contribution in [2.75, 3.05) is 5.75 Å². The molecule has 0 amide bonds. The van der Waals surface area contributed by atoms with Crippen molar-refractivity contribution in [3.8, 4) is 0 Å². The lowest BCUT2D eigenvalue weighted by Crippen LogP contribution is -2.28. The zero-order valence-electron chi connectivity index (χ0n) is 11.5. The molecule has 1 fully saturated rings. The minimum Gasteiger partial charge on any atom is -0.323 e. The van der Waals surface area contributed by atoms with Gasteiger partial charge in [-0.1, -0.05) is 44.0 Å². The highest BCUT2D eigenvalue weighted by molar-refractivity contribution is 7.92. The van der Waals surface area contributed by atoms with Crippen LogP contribution in [0.1, 0.15) is 49.8 Å². The van der Waals surface area contributed by atoms with Crippen molar-refractivity contribution in [3.05, 3.63) is 35.4 Å². The summed E-state index contributed by atoms with van der Waals surface area (Å²) in [6.45, 7) is 2.10. The molecule has 0 heterocycles. The second-order valence-corrected chi connectivity index (χ2v) is 7.76. The van der Waals surface area contributed by atoms with Crippen molar-refractivity contribution < 1.29 is 8.42 Å². The van der Waals surface area contributed by atoms with Gasteiger partial charge in [-0.25, -0.2) is 8.42 Å². The average Bonchev–Trinajstić information content (AvgIpc) is 2.93. The Hall–Kier alpha value is -0.870. The quantitative estimate of drug-likeness (QED) is 0.902. The maximum absolute atomic E-state index is 12.3. The molecule has 0 radical (unpaired) electrons. The first-order valence-corrected chi connectivity index (χ1v) is 8.80. The normalized spacial score (nSPS) is 18.6. The van der Waals surface area contributed by atoms with E-state index in [1.54, 1.807) is 0 Å². The Kier molecular flexibility index (Phi) is 4.63. The van der Waals surface area contributed by atoms with E-state index in [0.717, 1.165) is 37.7 Å². The van der Waals surface area contributed by atoms with Gasteiger partial charge in [-0.15, -0.1) is 0 Å². The van der Waals surface area contributed by atoms with Gasteiger partial charge in [0.2, 0.25) is 0 Å². The summed E-state index contributed by atoms with van der Waals surface area (Å²) in [5.41, 5.74) is 8.22. The van der Waals surface area contributed by atoms with Crippen LogP contribution in [0.15, 0.2) is 24.3 Å². The molecular formula is C15H23NO2S. The molecular weight excluding hydrogens is 258 g/mol. The lowest BCUT2D eigenvalue weighted by Gasteiger charge is -2.16. The molecule has 0 saturated heterocycles. The van der Waals surface area contributed by atoms with Crippen LogP contribution in [0.4, 0.5) is 0 Å². The molecule has 1 aliphatic rings. The van der Waals surface area contributed by atoms with E-state index >= 15 is 0 Å². The molecule has 1 aliphatic carbocycles. The molecule has 4 heteroatoms. The van der Waals surface area contributed by atoms with E-state index in [1.165, 1.54) is 5.56 Å². The van der Waals surface area contributed by atoms with E-state index in [2.05, 4.69) is 6.92 Å². The summed E-state index contributed by atoms with van der Waals surface area (Å²) >= 11 is 0. The molecule has 1 aromatic rings. The SMILES string of the molecule is CCc1ccc(C(N)CS(=O)(=O)C2CCCC2)cc1. The maximum atomic E-state index is 12.3. The topological polar surface area (TPSA) is 60.2 Å². The van der Waals surface area contributed by atoms with Gasteiger partial charge in [0.05, 0.1) is 11.0 Å². The zero-order chi connectivity index (χ0) is 13.9. The third-order valence-corrected chi connectivity index (χ3v) is 6.35. The molecule has 1 atom stereocenters. The van der Waals surface area contributed by atoms with E-state index in [0.29, 0.717) is 0 Å². The van der Waals surface area contributed by atoms with Crippen LogP contribution in [-0.2, 0) is 16.3 Å². The second kappa shape index (κ2) is 6.06. The minimum atomic E-state index is -3.05. The zero-order valence-corrected chi connectivity index (χ0v) is 12.3. The first-order valence-electron chi connectivity index (χ1n) is 7.09. The molecule has 0 spiro atoms. The molecule has 3 nitrogen and oxygen atoms in total. The molecule has 19 heavy (non-hydrogen) atoms. The molecule has 2 rings (SSSR count). The Bertz CT molecular complexity index is 501. The summed E-state index contributed by atoms with van der Waals surface area (Å²) in [6.07, 6.45) is 4.66. The molecule has 0 aliphatic heterocycles. The van der Waals surface area contributed by atoms with Gasteiger partial charge in [-0.2, -0.15) is 0 Å². The van der Waals surface area contributed by atoms with Crippen LogP contribution in [-0.4, -0.2) is 19.4 Å². The molecule has 2 N–H and O–H groups in total. The van der Waals surface area contributed by atoms with E-state index in [4.69, 9.17) is 5.73 Å². The summed E-state index contributed by atoms with van der Waals surface area (Å²) < 4.78 is 24.5. The third-order valence-electron chi connectivity index (χ3n) is 4.04. The van der Waals surface area contributed by atoms with Crippen LogP contribution >= 0.6 is 0 Å². The number of benzene rings is 1. The Morgan fingerprint density at radius 2 is 1.79 bits per heavy atom. The predicted molar refractivity (Wildman–Crippen MR) is 78.8 cm³/mol. The summed E-state index contributed by atoms with van der Waals surface area (Å²) in [5.74, 6) is 0.0726. The molecule has 0 aromatic heterocycles. The van der Waals surface area contributed by atoms with E-state index in [1.807, 2.05) is 24.3 Å². The van der Waals surface area contributed by atoms with E-state index in [-0.39, 0.29) is 11.0 Å². The fourth-order valence-corrected chi connectivity index (χ4v) is 4.75. The van der Waals surface area contributed by atoms with Gasteiger partial charge < -0.3 is 5.73 Å². The van der Waals surface area contributed by atoms with Gasteiger partial charge in [0.1, 0.15) is 0 Å². The van der Waals surface area contributed by atoms with Crippen molar-refractivity contribution in [1.29, 1.82) is 0 Å². The molecule has 106 valence electrons. The predicted octanol–water partition coefficient (Wildman–Crippen LogP) is 2.61. The van der Waals surface area contributed by atoms with Crippen LogP contribution in [0.25, 0.3) is 0 Å². The van der Waals surface area contributed by atoms with Gasteiger partial charge in [0.15, 0.2) is 9.84 Å². The monoisotopic (exact) mass is 281 g/mol. The molecule has 1 unspecified atom stereocenters. The Labute approximate surface area is 116 Å². The van der Waals surface area contributed by atoms with E-state index in [9.17, 15) is 8.42 Å². The average molecular weight is 281 g/mol. The van der Waals surface area contributed by atoms with Gasteiger partial charge in [-0.3, -0.25) is 0 Å². The fraction of sp³-hybridized carbons (Fsp3) is 0.600. The fourth-order valence-electron chi connectivity index (χ4n) is 2.73.